The molecule has 0 unspecified atom stereocenters. The van der Waals surface area contributed by atoms with E-state index in [2.05, 4.69) is 9.71 Å². The molecule has 2 heterocycles. The minimum atomic E-state index is -3.92. The van der Waals surface area contributed by atoms with Gasteiger partial charge in [0, 0.05) is 31.9 Å². The number of nitrogens with zero attached hydrogens (tertiary/aromatic N) is 3. The van der Waals surface area contributed by atoms with Gasteiger partial charge in [0.1, 0.15) is 11.4 Å². The van der Waals surface area contributed by atoms with Crippen molar-refractivity contribution in [2.75, 3.05) is 18.9 Å². The lowest BCUT2D eigenvalue weighted by Gasteiger charge is -2.11. The standard InChI is InChI=1S/C24H24N4O4S/c1-27-14-7-13-22(27)26-33(31,32)20-11-5-10-19(16-20)25-23(29)21-12-6-15-28(24(21)30)17-18-8-3-2-4-9-18/h2-6,8-12,15-16H,7,13-14,17H2,1H3,(H,25,29)/b26-22+. The summed E-state index contributed by atoms with van der Waals surface area (Å²) in [6.45, 7) is 1.10. The number of hydrogen-bond acceptors (Lipinski definition) is 4. The molecule has 1 aromatic heterocycles. The fourth-order valence-electron chi connectivity index (χ4n) is 3.65. The van der Waals surface area contributed by atoms with Crippen LogP contribution in [0.3, 0.4) is 0 Å². The first kappa shape index (κ1) is 22.5. The number of sulfonamides is 1. The van der Waals surface area contributed by atoms with Crippen LogP contribution in [-0.2, 0) is 16.6 Å². The van der Waals surface area contributed by atoms with Gasteiger partial charge in [-0.2, -0.15) is 8.42 Å². The van der Waals surface area contributed by atoms with E-state index in [0.29, 0.717) is 18.8 Å². The molecule has 1 amide bonds. The molecule has 0 aliphatic carbocycles. The van der Waals surface area contributed by atoms with E-state index in [1.807, 2.05) is 42.3 Å². The number of amidine groups is 1. The second kappa shape index (κ2) is 9.41. The summed E-state index contributed by atoms with van der Waals surface area (Å²) in [5, 5.41) is 2.63. The predicted octanol–water partition coefficient (Wildman–Crippen LogP) is 2.96. The van der Waals surface area contributed by atoms with Crippen LogP contribution in [0.15, 0.2) is 87.0 Å². The molecule has 1 aliphatic rings. The molecule has 3 aromatic rings. The quantitative estimate of drug-likeness (QED) is 0.605. The number of pyridine rings is 1. The summed E-state index contributed by atoms with van der Waals surface area (Å²) in [5.41, 5.74) is 0.733. The van der Waals surface area contributed by atoms with E-state index in [-0.39, 0.29) is 16.1 Å². The normalized spacial score (nSPS) is 15.1. The van der Waals surface area contributed by atoms with Crippen LogP contribution in [0.5, 0.6) is 0 Å². The van der Waals surface area contributed by atoms with Crippen molar-refractivity contribution in [3.63, 3.8) is 0 Å². The highest BCUT2D eigenvalue weighted by atomic mass is 32.2. The van der Waals surface area contributed by atoms with Crippen LogP contribution in [-0.4, -0.2) is 43.2 Å². The van der Waals surface area contributed by atoms with Gasteiger partial charge in [0.05, 0.1) is 11.4 Å². The molecule has 1 saturated heterocycles. The van der Waals surface area contributed by atoms with Gasteiger partial charge in [0.15, 0.2) is 0 Å². The van der Waals surface area contributed by atoms with Crippen LogP contribution in [0.2, 0.25) is 0 Å². The van der Waals surface area contributed by atoms with Crippen molar-refractivity contribution in [3.05, 3.63) is 94.4 Å². The van der Waals surface area contributed by atoms with E-state index in [1.54, 1.807) is 18.3 Å². The second-order valence-electron chi connectivity index (χ2n) is 7.83. The number of benzene rings is 2. The Morgan fingerprint density at radius 3 is 2.58 bits per heavy atom. The van der Waals surface area contributed by atoms with Crippen LogP contribution >= 0.6 is 0 Å². The second-order valence-corrected chi connectivity index (χ2v) is 9.43. The smallest absolute Gasteiger partial charge is 0.284 e. The highest BCUT2D eigenvalue weighted by molar-refractivity contribution is 7.90. The first-order valence-electron chi connectivity index (χ1n) is 10.5. The van der Waals surface area contributed by atoms with Crippen LogP contribution in [0.1, 0.15) is 28.8 Å². The van der Waals surface area contributed by atoms with E-state index in [1.165, 1.54) is 28.8 Å². The third-order valence-electron chi connectivity index (χ3n) is 5.41. The van der Waals surface area contributed by atoms with E-state index in [0.717, 1.165) is 18.5 Å². The number of amides is 1. The zero-order valence-electron chi connectivity index (χ0n) is 18.1. The van der Waals surface area contributed by atoms with E-state index < -0.39 is 21.5 Å². The zero-order valence-corrected chi connectivity index (χ0v) is 19.0. The summed E-state index contributed by atoms with van der Waals surface area (Å²) in [4.78, 5) is 27.4. The van der Waals surface area contributed by atoms with Crippen LogP contribution in [0.4, 0.5) is 5.69 Å². The Kier molecular flexibility index (Phi) is 6.41. The lowest BCUT2D eigenvalue weighted by atomic mass is 10.2. The molecular weight excluding hydrogens is 440 g/mol. The van der Waals surface area contributed by atoms with Crippen molar-refractivity contribution in [2.24, 2.45) is 4.40 Å². The molecular formula is C24H24N4O4S. The molecule has 0 radical (unpaired) electrons. The van der Waals surface area contributed by atoms with E-state index in [4.69, 9.17) is 0 Å². The zero-order chi connectivity index (χ0) is 23.4. The van der Waals surface area contributed by atoms with Gasteiger partial charge in [-0.1, -0.05) is 36.4 Å². The molecule has 1 fully saturated rings. The number of rotatable bonds is 6. The highest BCUT2D eigenvalue weighted by Gasteiger charge is 2.21. The summed E-state index contributed by atoms with van der Waals surface area (Å²) in [6.07, 6.45) is 3.09. The fraction of sp³-hybridized carbons (Fsp3) is 0.208. The molecule has 33 heavy (non-hydrogen) atoms. The first-order chi connectivity index (χ1) is 15.8. The average Bonchev–Trinajstić information content (AvgIpc) is 3.19. The molecule has 1 aliphatic heterocycles. The van der Waals surface area contributed by atoms with Crippen molar-refractivity contribution in [1.82, 2.24) is 9.47 Å². The Bertz CT molecular complexity index is 1360. The van der Waals surface area contributed by atoms with Crippen LogP contribution in [0.25, 0.3) is 0 Å². The van der Waals surface area contributed by atoms with Gasteiger partial charge in [-0.3, -0.25) is 9.59 Å². The topological polar surface area (TPSA) is 101 Å². The Morgan fingerprint density at radius 1 is 1.06 bits per heavy atom. The van der Waals surface area contributed by atoms with Crippen LogP contribution in [0, 0.1) is 0 Å². The van der Waals surface area contributed by atoms with Crippen molar-refractivity contribution in [2.45, 2.75) is 24.3 Å². The third kappa shape index (κ3) is 5.20. The predicted molar refractivity (Wildman–Crippen MR) is 127 cm³/mol. The maximum absolute atomic E-state index is 12.8. The Balaban J connectivity index is 1.55. The van der Waals surface area contributed by atoms with Gasteiger partial charge in [-0.15, -0.1) is 4.40 Å². The van der Waals surface area contributed by atoms with Gasteiger partial charge in [-0.05, 0) is 42.3 Å². The number of hydrogen-bond donors (Lipinski definition) is 1. The summed E-state index contributed by atoms with van der Waals surface area (Å²) >= 11 is 0. The van der Waals surface area contributed by atoms with Gasteiger partial charge in [0.2, 0.25) is 0 Å². The van der Waals surface area contributed by atoms with Gasteiger partial charge in [0.25, 0.3) is 21.5 Å². The fourth-order valence-corrected chi connectivity index (χ4v) is 4.79. The Hall–Kier alpha value is -3.72. The minimum Gasteiger partial charge on any atom is -0.362 e. The molecule has 170 valence electrons. The number of aromatic nitrogens is 1. The lowest BCUT2D eigenvalue weighted by molar-refractivity contribution is 0.102. The highest BCUT2D eigenvalue weighted by Crippen LogP contribution is 2.20. The molecule has 8 nitrogen and oxygen atoms in total. The molecule has 1 N–H and O–H groups in total. The third-order valence-corrected chi connectivity index (χ3v) is 6.71. The van der Waals surface area contributed by atoms with Crippen LogP contribution < -0.4 is 10.9 Å². The molecule has 9 heteroatoms. The number of nitrogens with one attached hydrogen (secondary N) is 1. The molecule has 0 spiro atoms. The molecule has 4 rings (SSSR count). The molecule has 2 aromatic carbocycles. The van der Waals surface area contributed by atoms with Gasteiger partial charge in [-0.25, -0.2) is 0 Å². The average molecular weight is 465 g/mol. The molecule has 0 bridgehead atoms. The molecule has 0 atom stereocenters. The minimum absolute atomic E-state index is 0.0253. The first-order valence-corrected chi connectivity index (χ1v) is 12.0. The maximum atomic E-state index is 12.8. The number of carbonyl (C=O) groups excluding carboxylic acids is 1. The number of likely N-dealkylation sites (tertiary alicyclic amines) is 1. The number of carbonyl (C=O) groups is 1. The van der Waals surface area contributed by atoms with Crippen molar-refractivity contribution in [3.8, 4) is 0 Å². The van der Waals surface area contributed by atoms with Gasteiger partial charge < -0.3 is 14.8 Å². The summed E-state index contributed by atoms with van der Waals surface area (Å²) in [6, 6.07) is 18.4. The SMILES string of the molecule is CN1CCC/C1=N\S(=O)(=O)c1cccc(NC(=O)c2cccn(Cc3ccccc3)c2=O)c1. The van der Waals surface area contributed by atoms with Crippen molar-refractivity contribution >= 4 is 27.5 Å². The summed E-state index contributed by atoms with van der Waals surface area (Å²) in [5.74, 6) is -0.0912. The largest absolute Gasteiger partial charge is 0.362 e. The summed E-state index contributed by atoms with van der Waals surface area (Å²) < 4.78 is 30.9. The van der Waals surface area contributed by atoms with Crippen molar-refractivity contribution < 1.29 is 13.2 Å². The van der Waals surface area contributed by atoms with Crippen molar-refractivity contribution in [1.29, 1.82) is 0 Å². The van der Waals surface area contributed by atoms with Gasteiger partial charge >= 0.3 is 0 Å². The monoisotopic (exact) mass is 464 g/mol. The lowest BCUT2D eigenvalue weighted by Crippen LogP contribution is -2.29. The maximum Gasteiger partial charge on any atom is 0.284 e. The Labute approximate surface area is 192 Å². The summed E-state index contributed by atoms with van der Waals surface area (Å²) in [7, 11) is -2.11. The van der Waals surface area contributed by atoms with E-state index >= 15 is 0 Å². The van der Waals surface area contributed by atoms with E-state index in [9.17, 15) is 18.0 Å². The molecule has 0 saturated carbocycles. The number of anilines is 1. The Morgan fingerprint density at radius 2 is 1.85 bits per heavy atom.